The molecule has 1 aliphatic heterocycles. The molecule has 136 valence electrons. The summed E-state index contributed by atoms with van der Waals surface area (Å²) in [6.07, 6.45) is 1.00. The summed E-state index contributed by atoms with van der Waals surface area (Å²) in [6.45, 7) is 3.71. The topological polar surface area (TPSA) is 48.8 Å². The van der Waals surface area contributed by atoms with Gasteiger partial charge in [-0.15, -0.1) is 0 Å². The van der Waals surface area contributed by atoms with Crippen molar-refractivity contribution in [3.05, 3.63) is 64.9 Å². The fraction of sp³-hybridized carbons (Fsp3) is 0.263. The quantitative estimate of drug-likeness (QED) is 0.728. The fourth-order valence-electron chi connectivity index (χ4n) is 2.39. The number of benzene rings is 2. The number of nitrogens with zero attached hydrogens (tertiary/aromatic N) is 2. The summed E-state index contributed by atoms with van der Waals surface area (Å²) in [4.78, 5) is 8.80. The number of aliphatic imine (C=N–C) groups is 2. The van der Waals surface area contributed by atoms with Crippen molar-refractivity contribution in [2.24, 2.45) is 9.98 Å². The van der Waals surface area contributed by atoms with Crippen molar-refractivity contribution in [3.8, 4) is 0 Å². The number of nitrogens with one attached hydrogen (secondary N) is 2. The van der Waals surface area contributed by atoms with E-state index in [1.807, 2.05) is 6.07 Å². The Morgan fingerprint density at radius 1 is 1.23 bits per heavy atom. The Morgan fingerprint density at radius 2 is 2.00 bits per heavy atom. The summed E-state index contributed by atoms with van der Waals surface area (Å²) >= 11 is 7.23. The predicted molar refractivity (Wildman–Crippen MR) is 110 cm³/mol. The molecule has 1 atom stereocenters. The number of hydrogen-bond acceptors (Lipinski definition) is 4. The third-order valence-corrected chi connectivity index (χ3v) is 4.89. The maximum atomic E-state index is 13.1. The van der Waals surface area contributed by atoms with Crippen LogP contribution in [0.1, 0.15) is 12.5 Å². The second kappa shape index (κ2) is 9.16. The van der Waals surface area contributed by atoms with E-state index in [2.05, 4.69) is 51.8 Å². The average molecular weight is 391 g/mol. The number of thioether (sulfide) groups is 1. The molecule has 26 heavy (non-hydrogen) atoms. The highest BCUT2D eigenvalue weighted by atomic mass is 35.5. The molecule has 0 fully saturated rings. The van der Waals surface area contributed by atoms with Crippen molar-refractivity contribution in [1.29, 1.82) is 0 Å². The van der Waals surface area contributed by atoms with Crippen molar-refractivity contribution < 1.29 is 4.39 Å². The van der Waals surface area contributed by atoms with Crippen LogP contribution in [-0.4, -0.2) is 29.5 Å². The molecule has 0 saturated heterocycles. The minimum atomic E-state index is -0.434. The standard InChI is InChI=1S/C19H20ClFN4S/c1-13(22-10-9-14-5-3-2-4-6-14)12-23-18-25-19(26-18)24-15-7-8-17(21)16(20)11-15/h2-8,11,13,22H,9-10,12H2,1H3,(H,23,24,25)/t13-/m1/s1. The Balaban J connectivity index is 1.39. The van der Waals surface area contributed by atoms with Crippen LogP contribution in [0.4, 0.5) is 10.1 Å². The van der Waals surface area contributed by atoms with Gasteiger partial charge in [-0.1, -0.05) is 41.9 Å². The highest BCUT2D eigenvalue weighted by Gasteiger charge is 2.18. The third kappa shape index (κ3) is 5.56. The lowest BCUT2D eigenvalue weighted by atomic mass is 10.1. The maximum absolute atomic E-state index is 13.1. The molecule has 0 spiro atoms. The molecule has 1 aliphatic rings. The summed E-state index contributed by atoms with van der Waals surface area (Å²) < 4.78 is 13.1. The van der Waals surface area contributed by atoms with Gasteiger partial charge in [0.15, 0.2) is 10.3 Å². The first-order chi connectivity index (χ1) is 12.6. The molecule has 0 saturated carbocycles. The first-order valence-electron chi connectivity index (χ1n) is 8.40. The van der Waals surface area contributed by atoms with Gasteiger partial charge in [-0.05, 0) is 55.4 Å². The van der Waals surface area contributed by atoms with Gasteiger partial charge in [0.2, 0.25) is 0 Å². The normalized spacial score (nSPS) is 16.1. The van der Waals surface area contributed by atoms with Gasteiger partial charge in [0.1, 0.15) is 5.82 Å². The molecule has 0 amide bonds. The minimum Gasteiger partial charge on any atom is -0.334 e. The van der Waals surface area contributed by atoms with E-state index in [1.54, 1.807) is 6.07 Å². The molecule has 0 bridgehead atoms. The van der Waals surface area contributed by atoms with Crippen molar-refractivity contribution in [3.63, 3.8) is 0 Å². The summed E-state index contributed by atoms with van der Waals surface area (Å²) in [5.74, 6) is -0.434. The van der Waals surface area contributed by atoms with Crippen LogP contribution >= 0.6 is 23.4 Å². The first-order valence-corrected chi connectivity index (χ1v) is 9.60. The molecule has 2 aromatic carbocycles. The molecule has 0 aliphatic carbocycles. The zero-order valence-corrected chi connectivity index (χ0v) is 15.9. The molecule has 3 rings (SSSR count). The molecule has 0 unspecified atom stereocenters. The minimum absolute atomic E-state index is 0.0872. The van der Waals surface area contributed by atoms with E-state index in [0.717, 1.165) is 23.3 Å². The molecule has 2 N–H and O–H groups in total. The Hall–Kier alpha value is -1.89. The van der Waals surface area contributed by atoms with Gasteiger partial charge in [-0.25, -0.2) is 4.39 Å². The van der Waals surface area contributed by atoms with Gasteiger partial charge in [0.25, 0.3) is 0 Å². The molecule has 1 heterocycles. The van der Waals surface area contributed by atoms with Crippen LogP contribution in [0.25, 0.3) is 0 Å². The van der Waals surface area contributed by atoms with Crippen LogP contribution in [0.15, 0.2) is 58.5 Å². The molecule has 0 aromatic heterocycles. The summed E-state index contributed by atoms with van der Waals surface area (Å²) in [5.41, 5.74) is 2.03. The second-order valence-electron chi connectivity index (χ2n) is 5.99. The van der Waals surface area contributed by atoms with Gasteiger partial charge in [-0.2, -0.15) is 4.99 Å². The summed E-state index contributed by atoms with van der Waals surface area (Å²) in [5, 5.41) is 8.12. The first kappa shape index (κ1) is 18.9. The molecule has 2 aromatic rings. The number of rotatable bonds is 7. The van der Waals surface area contributed by atoms with E-state index in [-0.39, 0.29) is 11.1 Å². The zero-order chi connectivity index (χ0) is 18.4. The Morgan fingerprint density at radius 3 is 2.73 bits per heavy atom. The lowest BCUT2D eigenvalue weighted by molar-refractivity contribution is 0.560. The average Bonchev–Trinajstić information content (AvgIpc) is 2.61. The maximum Gasteiger partial charge on any atom is 0.193 e. The Kier molecular flexibility index (Phi) is 6.66. The fourth-order valence-corrected chi connectivity index (χ4v) is 3.18. The predicted octanol–water partition coefficient (Wildman–Crippen LogP) is 4.57. The van der Waals surface area contributed by atoms with Crippen molar-refractivity contribution in [1.82, 2.24) is 5.32 Å². The molecule has 0 radical (unpaired) electrons. The summed E-state index contributed by atoms with van der Waals surface area (Å²) in [6, 6.07) is 15.2. The number of hydrogen-bond donors (Lipinski definition) is 2. The van der Waals surface area contributed by atoms with E-state index in [0.29, 0.717) is 12.2 Å². The van der Waals surface area contributed by atoms with Crippen molar-refractivity contribution in [2.45, 2.75) is 19.4 Å². The SMILES string of the molecule is C[C@H](CN=C1N=C(Nc2ccc(F)c(Cl)c2)S1)NCCc1ccccc1. The van der Waals surface area contributed by atoms with E-state index in [4.69, 9.17) is 11.6 Å². The number of anilines is 1. The zero-order valence-electron chi connectivity index (χ0n) is 14.4. The van der Waals surface area contributed by atoms with Gasteiger partial charge >= 0.3 is 0 Å². The van der Waals surface area contributed by atoms with Crippen LogP contribution in [0.2, 0.25) is 5.02 Å². The van der Waals surface area contributed by atoms with Crippen molar-refractivity contribution >= 4 is 39.4 Å². The number of halogens is 2. The smallest absolute Gasteiger partial charge is 0.193 e. The van der Waals surface area contributed by atoms with E-state index < -0.39 is 5.82 Å². The van der Waals surface area contributed by atoms with Gasteiger partial charge in [-0.3, -0.25) is 4.99 Å². The van der Waals surface area contributed by atoms with Gasteiger partial charge in [0.05, 0.1) is 11.6 Å². The van der Waals surface area contributed by atoms with E-state index in [1.165, 1.54) is 29.5 Å². The molecular weight excluding hydrogens is 371 g/mol. The lowest BCUT2D eigenvalue weighted by Crippen LogP contribution is -2.31. The Labute approximate surface area is 162 Å². The molecular formula is C19H20ClFN4S. The van der Waals surface area contributed by atoms with Crippen LogP contribution in [0.3, 0.4) is 0 Å². The Bertz CT molecular complexity index is 810. The van der Waals surface area contributed by atoms with Crippen LogP contribution in [-0.2, 0) is 6.42 Å². The van der Waals surface area contributed by atoms with Crippen LogP contribution in [0.5, 0.6) is 0 Å². The molecule has 4 nitrogen and oxygen atoms in total. The summed E-state index contributed by atoms with van der Waals surface area (Å²) in [7, 11) is 0. The van der Waals surface area contributed by atoms with Crippen molar-refractivity contribution in [2.75, 3.05) is 18.4 Å². The highest BCUT2D eigenvalue weighted by Crippen LogP contribution is 2.25. The van der Waals surface area contributed by atoms with Gasteiger partial charge in [0, 0.05) is 11.7 Å². The highest BCUT2D eigenvalue weighted by molar-refractivity contribution is 8.29. The second-order valence-corrected chi connectivity index (χ2v) is 7.35. The monoisotopic (exact) mass is 390 g/mol. The molecule has 7 heteroatoms. The lowest BCUT2D eigenvalue weighted by Gasteiger charge is -2.17. The van der Waals surface area contributed by atoms with Crippen LogP contribution < -0.4 is 10.6 Å². The number of amidine groups is 2. The third-order valence-electron chi connectivity index (χ3n) is 3.81. The van der Waals surface area contributed by atoms with E-state index in [9.17, 15) is 4.39 Å². The largest absolute Gasteiger partial charge is 0.334 e. The van der Waals surface area contributed by atoms with E-state index >= 15 is 0 Å². The van der Waals surface area contributed by atoms with Gasteiger partial charge < -0.3 is 10.6 Å². The van der Waals surface area contributed by atoms with Crippen LogP contribution in [0, 0.1) is 5.82 Å².